The van der Waals surface area contributed by atoms with Crippen molar-refractivity contribution >= 4 is 40.4 Å². The molecule has 0 aliphatic carbocycles. The summed E-state index contributed by atoms with van der Waals surface area (Å²) in [6.07, 6.45) is 0. The van der Waals surface area contributed by atoms with Gasteiger partial charge in [0.2, 0.25) is 0 Å². The van der Waals surface area contributed by atoms with Gasteiger partial charge in [0.25, 0.3) is 0 Å². The van der Waals surface area contributed by atoms with Crippen LogP contribution < -0.4 is 5.32 Å². The molecule has 0 radical (unpaired) electrons. The number of nitrogens with one attached hydrogen (secondary N) is 1. The maximum Gasteiger partial charge on any atom is 2.00 e. The summed E-state index contributed by atoms with van der Waals surface area (Å²) >= 11 is 0. The number of anilines is 2. The third-order valence-electron chi connectivity index (χ3n) is 3.03. The van der Waals surface area contributed by atoms with Gasteiger partial charge in [-0.2, -0.15) is 0 Å². The van der Waals surface area contributed by atoms with E-state index in [0.29, 0.717) is 5.69 Å². The van der Waals surface area contributed by atoms with Crippen LogP contribution in [0, 0.1) is 13.8 Å². The minimum Gasteiger partial charge on any atom is -1.00 e. The predicted octanol–water partition coefficient (Wildman–Crippen LogP) is 3.59. The van der Waals surface area contributed by atoms with Gasteiger partial charge in [0.15, 0.2) is 0 Å². The maximum atomic E-state index is 11.1. The van der Waals surface area contributed by atoms with Gasteiger partial charge < -0.3 is 13.3 Å². The Bertz CT molecular complexity index is 606. The third-order valence-corrected chi connectivity index (χ3v) is 3.03. The van der Waals surface area contributed by atoms with Crippen molar-refractivity contribution < 1.29 is 12.8 Å². The number of benzene rings is 2. The Labute approximate surface area is 131 Å². The number of para-hydroxylation sites is 1. The van der Waals surface area contributed by atoms with Crippen LogP contribution in [0.25, 0.3) is 0 Å². The van der Waals surface area contributed by atoms with Gasteiger partial charge in [0.05, 0.1) is 11.3 Å². The summed E-state index contributed by atoms with van der Waals surface area (Å²) in [5, 5.41) is 12.3. The van der Waals surface area contributed by atoms with Crippen LogP contribution in [0.5, 0.6) is 0 Å². The molecule has 2 aromatic carbocycles. The number of hydrogen-bond acceptors (Lipinski definition) is 2. The summed E-state index contributed by atoms with van der Waals surface area (Å²) in [6, 6.07) is 12.8. The van der Waals surface area contributed by atoms with Crippen LogP contribution >= 0.6 is 0 Å². The number of rotatable bonds is 3. The number of carbonyl (C=O) groups is 1. The molecule has 0 unspecified atom stereocenters. The van der Waals surface area contributed by atoms with Crippen LogP contribution in [0.3, 0.4) is 0 Å². The zero-order valence-corrected chi connectivity index (χ0v) is 12.5. The first-order valence-electron chi connectivity index (χ1n) is 5.75. The van der Waals surface area contributed by atoms with Crippen molar-refractivity contribution in [1.82, 2.24) is 0 Å². The summed E-state index contributed by atoms with van der Waals surface area (Å²) in [6.45, 7) is 4.05. The number of carboxylic acid groups (broad SMARTS) is 1. The van der Waals surface area contributed by atoms with Crippen molar-refractivity contribution in [3.63, 3.8) is 0 Å². The van der Waals surface area contributed by atoms with E-state index in [1.807, 2.05) is 38.1 Å². The molecule has 2 rings (SSSR count). The van der Waals surface area contributed by atoms with E-state index in [1.54, 1.807) is 18.2 Å². The molecule has 0 amide bonds. The topological polar surface area (TPSA) is 49.3 Å². The normalized spacial score (nSPS) is 9.58. The smallest absolute Gasteiger partial charge is 1.00 e. The standard InChI is InChI=1S/C15H15NO2.Mg.2H/c1-10-6-5-9-13(11(10)2)16-14-8-4-3-7-12(14)15(17)18;;;/h3-9,16H,1-2H3,(H,17,18);;;/q;+2;2*-1. The van der Waals surface area contributed by atoms with Gasteiger partial charge in [0, 0.05) is 5.69 Å². The molecular formula is C15H17MgNO2. The van der Waals surface area contributed by atoms with Crippen molar-refractivity contribution in [2.75, 3.05) is 5.32 Å². The van der Waals surface area contributed by atoms with Gasteiger partial charge in [-0.3, -0.25) is 0 Å². The molecule has 0 bridgehead atoms. The summed E-state index contributed by atoms with van der Waals surface area (Å²) < 4.78 is 0. The Morgan fingerprint density at radius 1 is 1.05 bits per heavy atom. The van der Waals surface area contributed by atoms with E-state index >= 15 is 0 Å². The molecule has 0 spiro atoms. The first kappa shape index (κ1) is 15.5. The van der Waals surface area contributed by atoms with Gasteiger partial charge in [-0.1, -0.05) is 24.3 Å². The van der Waals surface area contributed by atoms with E-state index < -0.39 is 5.97 Å². The second kappa shape index (κ2) is 6.59. The van der Waals surface area contributed by atoms with Gasteiger partial charge in [-0.25, -0.2) is 4.79 Å². The molecule has 0 aliphatic rings. The summed E-state index contributed by atoms with van der Waals surface area (Å²) in [7, 11) is 0. The van der Waals surface area contributed by atoms with E-state index in [1.165, 1.54) is 5.56 Å². The SMILES string of the molecule is Cc1cccc(Nc2ccccc2C(=O)O)c1C.[H-].[H-].[Mg+2]. The second-order valence-corrected chi connectivity index (χ2v) is 4.22. The number of aryl methyl sites for hydroxylation is 1. The van der Waals surface area contributed by atoms with Crippen LogP contribution in [0.1, 0.15) is 24.3 Å². The predicted molar refractivity (Wildman–Crippen MR) is 80.6 cm³/mol. The molecule has 4 heteroatoms. The molecule has 96 valence electrons. The number of aromatic carboxylic acids is 1. The number of carboxylic acids is 1. The largest absolute Gasteiger partial charge is 2.00 e. The third kappa shape index (κ3) is 3.49. The Morgan fingerprint density at radius 3 is 2.37 bits per heavy atom. The zero-order valence-electron chi connectivity index (χ0n) is 13.1. The second-order valence-electron chi connectivity index (χ2n) is 4.22. The van der Waals surface area contributed by atoms with Crippen LogP contribution in [0.15, 0.2) is 42.5 Å². The van der Waals surface area contributed by atoms with E-state index in [-0.39, 0.29) is 31.5 Å². The minimum atomic E-state index is -0.927. The molecule has 0 aromatic heterocycles. The van der Waals surface area contributed by atoms with E-state index in [4.69, 9.17) is 5.11 Å². The van der Waals surface area contributed by atoms with Gasteiger partial charge in [-0.05, 0) is 43.2 Å². The quantitative estimate of drug-likeness (QED) is 0.836. The monoisotopic (exact) mass is 267 g/mol. The molecular weight excluding hydrogens is 250 g/mol. The van der Waals surface area contributed by atoms with Gasteiger partial charge >= 0.3 is 29.0 Å². The van der Waals surface area contributed by atoms with E-state index in [2.05, 4.69) is 5.32 Å². The Kier molecular flexibility index (Phi) is 5.39. The van der Waals surface area contributed by atoms with Crippen LogP contribution in [0.4, 0.5) is 11.4 Å². The zero-order chi connectivity index (χ0) is 13.1. The van der Waals surface area contributed by atoms with Crippen molar-refractivity contribution in [2.24, 2.45) is 0 Å². The Morgan fingerprint density at radius 2 is 1.68 bits per heavy atom. The molecule has 0 fully saturated rings. The molecule has 0 atom stereocenters. The summed E-state index contributed by atoms with van der Waals surface area (Å²) in [4.78, 5) is 11.1. The van der Waals surface area contributed by atoms with Crippen LogP contribution in [0.2, 0.25) is 0 Å². The molecule has 0 heterocycles. The fraction of sp³-hybridized carbons (Fsp3) is 0.133. The minimum absolute atomic E-state index is 0. The fourth-order valence-corrected chi connectivity index (χ4v) is 1.81. The number of hydrogen-bond donors (Lipinski definition) is 2. The Hall–Kier alpha value is -1.52. The average molecular weight is 268 g/mol. The first-order valence-corrected chi connectivity index (χ1v) is 5.75. The molecule has 19 heavy (non-hydrogen) atoms. The van der Waals surface area contributed by atoms with Gasteiger partial charge in [0.1, 0.15) is 0 Å². The molecule has 0 saturated carbocycles. The maximum absolute atomic E-state index is 11.1. The van der Waals surface area contributed by atoms with E-state index in [9.17, 15) is 4.79 Å². The molecule has 2 aromatic rings. The van der Waals surface area contributed by atoms with Crippen LogP contribution in [-0.4, -0.2) is 34.1 Å². The summed E-state index contributed by atoms with van der Waals surface area (Å²) in [5.41, 5.74) is 4.12. The van der Waals surface area contributed by atoms with Gasteiger partial charge in [-0.15, -0.1) is 0 Å². The molecule has 3 nitrogen and oxygen atoms in total. The van der Waals surface area contributed by atoms with Crippen molar-refractivity contribution in [2.45, 2.75) is 13.8 Å². The van der Waals surface area contributed by atoms with E-state index in [0.717, 1.165) is 11.3 Å². The molecule has 0 saturated heterocycles. The van der Waals surface area contributed by atoms with Crippen molar-refractivity contribution in [3.8, 4) is 0 Å². The molecule has 2 N–H and O–H groups in total. The van der Waals surface area contributed by atoms with Crippen LogP contribution in [-0.2, 0) is 0 Å². The fourth-order valence-electron chi connectivity index (χ4n) is 1.81. The molecule has 0 aliphatic heterocycles. The van der Waals surface area contributed by atoms with Crippen molar-refractivity contribution in [1.29, 1.82) is 0 Å². The van der Waals surface area contributed by atoms with Crippen molar-refractivity contribution in [3.05, 3.63) is 59.2 Å². The average Bonchev–Trinajstić information content (AvgIpc) is 2.35. The Balaban J connectivity index is 0. The summed E-state index contributed by atoms with van der Waals surface area (Å²) in [5.74, 6) is -0.927. The first-order chi connectivity index (χ1) is 8.59.